The van der Waals surface area contributed by atoms with Crippen LogP contribution >= 0.6 is 0 Å². The molecule has 1 spiro atoms. The second-order valence-electron chi connectivity index (χ2n) is 9.44. The Morgan fingerprint density at radius 1 is 1.15 bits per heavy atom. The van der Waals surface area contributed by atoms with Crippen molar-refractivity contribution in [3.63, 3.8) is 0 Å². The third kappa shape index (κ3) is 3.95. The first-order valence-electron chi connectivity index (χ1n) is 11.6. The van der Waals surface area contributed by atoms with Crippen molar-refractivity contribution in [1.82, 2.24) is 4.90 Å². The van der Waals surface area contributed by atoms with Crippen molar-refractivity contribution in [2.24, 2.45) is 5.41 Å². The molecule has 2 aromatic carbocycles. The van der Waals surface area contributed by atoms with Crippen LogP contribution in [0.3, 0.4) is 0 Å². The third-order valence-corrected chi connectivity index (χ3v) is 7.64. The van der Waals surface area contributed by atoms with E-state index in [0.29, 0.717) is 23.8 Å². The number of hydrogen-bond donors (Lipinski definition) is 2. The molecule has 0 bridgehead atoms. The summed E-state index contributed by atoms with van der Waals surface area (Å²) in [6, 6.07) is 11.0. The lowest BCUT2D eigenvalue weighted by Gasteiger charge is -2.34. The fourth-order valence-electron chi connectivity index (χ4n) is 5.55. The first-order chi connectivity index (χ1) is 15.9. The van der Waals surface area contributed by atoms with E-state index < -0.39 is 5.97 Å². The van der Waals surface area contributed by atoms with Gasteiger partial charge in [0.25, 0.3) is 5.91 Å². The lowest BCUT2D eigenvalue weighted by Crippen LogP contribution is -2.44. The number of ether oxygens (including phenoxy) is 2. The van der Waals surface area contributed by atoms with Gasteiger partial charge in [-0.25, -0.2) is 4.79 Å². The SMILES string of the molecule is COc1cc(O)c(C(=O)O)cc1-c1ccc(C2CC23CCN(C(=O)C2CCCO2)CC3)cc1. The Hall–Kier alpha value is -3.06. The Bertz CT molecular complexity index is 1060. The van der Waals surface area contributed by atoms with Gasteiger partial charge in [-0.05, 0) is 60.6 Å². The fraction of sp³-hybridized carbons (Fsp3) is 0.462. The van der Waals surface area contributed by atoms with E-state index in [0.717, 1.165) is 50.8 Å². The largest absolute Gasteiger partial charge is 0.507 e. The standard InChI is InChI=1S/C26H29NO6/c1-32-23-14-21(28)19(25(30)31)13-18(23)16-4-6-17(7-5-16)20-15-26(20)8-10-27(11-9-26)24(29)22-3-2-12-33-22/h4-7,13-14,20,22,28H,2-3,8-12,15H2,1H3,(H,30,31). The van der Waals surface area contributed by atoms with Crippen LogP contribution in [0.2, 0.25) is 0 Å². The predicted molar refractivity (Wildman–Crippen MR) is 122 cm³/mol. The second kappa shape index (κ2) is 8.37. The van der Waals surface area contributed by atoms with Crippen molar-refractivity contribution in [3.8, 4) is 22.6 Å². The molecule has 7 heteroatoms. The monoisotopic (exact) mass is 451 g/mol. The molecule has 33 heavy (non-hydrogen) atoms. The van der Waals surface area contributed by atoms with E-state index in [1.54, 1.807) is 0 Å². The molecule has 1 saturated carbocycles. The van der Waals surface area contributed by atoms with Crippen molar-refractivity contribution >= 4 is 11.9 Å². The smallest absolute Gasteiger partial charge is 0.339 e. The molecule has 3 fully saturated rings. The summed E-state index contributed by atoms with van der Waals surface area (Å²) >= 11 is 0. The molecule has 2 aliphatic heterocycles. The minimum atomic E-state index is -1.18. The molecule has 1 aliphatic carbocycles. The molecular formula is C26H29NO6. The van der Waals surface area contributed by atoms with Crippen molar-refractivity contribution in [2.75, 3.05) is 26.8 Å². The highest BCUT2D eigenvalue weighted by atomic mass is 16.5. The number of carboxylic acids is 1. The van der Waals surface area contributed by atoms with Crippen molar-refractivity contribution in [1.29, 1.82) is 0 Å². The molecule has 2 atom stereocenters. The maximum atomic E-state index is 12.6. The average molecular weight is 452 g/mol. The van der Waals surface area contributed by atoms with Gasteiger partial charge in [0.1, 0.15) is 23.2 Å². The molecular weight excluding hydrogens is 422 g/mol. The topological polar surface area (TPSA) is 96.3 Å². The summed E-state index contributed by atoms with van der Waals surface area (Å²) < 4.78 is 10.9. The van der Waals surface area contributed by atoms with E-state index in [9.17, 15) is 19.8 Å². The zero-order valence-electron chi connectivity index (χ0n) is 18.8. The van der Waals surface area contributed by atoms with E-state index in [2.05, 4.69) is 12.1 Å². The Labute approximate surface area is 192 Å². The average Bonchev–Trinajstić information content (AvgIpc) is 3.24. The van der Waals surface area contributed by atoms with Crippen LogP contribution in [0.5, 0.6) is 11.5 Å². The number of hydrogen-bond acceptors (Lipinski definition) is 5. The number of aromatic hydroxyl groups is 1. The molecule has 7 nitrogen and oxygen atoms in total. The molecule has 0 radical (unpaired) electrons. The predicted octanol–water partition coefficient (Wildman–Crippen LogP) is 4.04. The lowest BCUT2D eigenvalue weighted by atomic mass is 9.88. The van der Waals surface area contributed by atoms with E-state index >= 15 is 0 Å². The summed E-state index contributed by atoms with van der Waals surface area (Å²) in [6.45, 7) is 2.30. The van der Waals surface area contributed by atoms with Gasteiger partial charge in [0, 0.05) is 31.3 Å². The van der Waals surface area contributed by atoms with Gasteiger partial charge in [-0.1, -0.05) is 24.3 Å². The maximum absolute atomic E-state index is 12.6. The van der Waals surface area contributed by atoms with Crippen LogP contribution in [-0.4, -0.2) is 59.9 Å². The van der Waals surface area contributed by atoms with Crippen molar-refractivity contribution in [3.05, 3.63) is 47.5 Å². The Morgan fingerprint density at radius 3 is 2.48 bits per heavy atom. The van der Waals surface area contributed by atoms with Gasteiger partial charge in [0.05, 0.1) is 7.11 Å². The number of carboxylic acid groups (broad SMARTS) is 1. The number of aromatic carboxylic acids is 1. The number of methoxy groups -OCH3 is 1. The second-order valence-corrected chi connectivity index (χ2v) is 9.44. The van der Waals surface area contributed by atoms with Gasteiger partial charge in [0.2, 0.25) is 0 Å². The van der Waals surface area contributed by atoms with Crippen LogP contribution in [0.4, 0.5) is 0 Å². The molecule has 2 N–H and O–H groups in total. The number of carbonyl (C=O) groups excluding carboxylic acids is 1. The number of benzene rings is 2. The number of phenols is 1. The van der Waals surface area contributed by atoms with Gasteiger partial charge in [0.15, 0.2) is 0 Å². The van der Waals surface area contributed by atoms with Gasteiger partial charge < -0.3 is 24.6 Å². The van der Waals surface area contributed by atoms with E-state index in [4.69, 9.17) is 9.47 Å². The summed E-state index contributed by atoms with van der Waals surface area (Å²) in [4.78, 5) is 26.1. The lowest BCUT2D eigenvalue weighted by molar-refractivity contribution is -0.142. The molecule has 1 amide bonds. The Balaban J connectivity index is 1.28. The van der Waals surface area contributed by atoms with E-state index in [-0.39, 0.29) is 28.7 Å². The highest BCUT2D eigenvalue weighted by molar-refractivity contribution is 5.93. The fourth-order valence-corrected chi connectivity index (χ4v) is 5.55. The van der Waals surface area contributed by atoms with Crippen LogP contribution in [0.25, 0.3) is 11.1 Å². The first kappa shape index (κ1) is 21.8. The zero-order chi connectivity index (χ0) is 23.2. The third-order valence-electron chi connectivity index (χ3n) is 7.64. The molecule has 5 rings (SSSR count). The number of piperidine rings is 1. The molecule has 0 aromatic heterocycles. The summed E-state index contributed by atoms with van der Waals surface area (Å²) in [5.41, 5.74) is 2.87. The van der Waals surface area contributed by atoms with Crippen LogP contribution in [0.1, 0.15) is 53.9 Å². The van der Waals surface area contributed by atoms with Crippen LogP contribution in [0, 0.1) is 5.41 Å². The zero-order valence-corrected chi connectivity index (χ0v) is 18.8. The minimum Gasteiger partial charge on any atom is -0.507 e. The Morgan fingerprint density at radius 2 is 1.88 bits per heavy atom. The van der Waals surface area contributed by atoms with Gasteiger partial charge in [-0.3, -0.25) is 4.79 Å². The minimum absolute atomic E-state index is 0.152. The van der Waals surface area contributed by atoms with Gasteiger partial charge in [-0.15, -0.1) is 0 Å². The molecule has 2 unspecified atom stereocenters. The van der Waals surface area contributed by atoms with Crippen molar-refractivity contribution < 1.29 is 29.3 Å². The van der Waals surface area contributed by atoms with Crippen molar-refractivity contribution in [2.45, 2.75) is 44.1 Å². The van der Waals surface area contributed by atoms with E-state index in [1.807, 2.05) is 17.0 Å². The molecule has 2 aromatic rings. The Kier molecular flexibility index (Phi) is 5.52. The number of amides is 1. The first-order valence-corrected chi connectivity index (χ1v) is 11.6. The number of likely N-dealkylation sites (tertiary alicyclic amines) is 1. The molecule has 3 aliphatic rings. The van der Waals surface area contributed by atoms with Crippen LogP contribution in [0.15, 0.2) is 36.4 Å². The summed E-state index contributed by atoms with van der Waals surface area (Å²) in [5, 5.41) is 19.3. The van der Waals surface area contributed by atoms with Gasteiger partial charge >= 0.3 is 5.97 Å². The number of nitrogens with zero attached hydrogens (tertiary/aromatic N) is 1. The summed E-state index contributed by atoms with van der Waals surface area (Å²) in [7, 11) is 1.50. The molecule has 2 heterocycles. The summed E-state index contributed by atoms with van der Waals surface area (Å²) in [5.74, 6) is -0.423. The number of carbonyl (C=O) groups is 2. The van der Waals surface area contributed by atoms with Crippen LogP contribution in [-0.2, 0) is 9.53 Å². The quantitative estimate of drug-likeness (QED) is 0.712. The molecule has 174 valence electrons. The van der Waals surface area contributed by atoms with Crippen LogP contribution < -0.4 is 4.74 Å². The highest BCUT2D eigenvalue weighted by Crippen LogP contribution is 2.65. The highest BCUT2D eigenvalue weighted by Gasteiger charge is 2.55. The maximum Gasteiger partial charge on any atom is 0.339 e. The molecule has 2 saturated heterocycles. The van der Waals surface area contributed by atoms with E-state index in [1.165, 1.54) is 24.8 Å². The summed E-state index contributed by atoms with van der Waals surface area (Å²) in [6.07, 6.45) is 4.76. The number of rotatable bonds is 5. The van der Waals surface area contributed by atoms with Gasteiger partial charge in [-0.2, -0.15) is 0 Å². The normalized spacial score (nSPS) is 23.5.